The van der Waals surface area contributed by atoms with Crippen LogP contribution in [0.25, 0.3) is 0 Å². The number of carboxylic acid groups (broad SMARTS) is 2. The number of aliphatic carboxylic acids is 2. The van der Waals surface area contributed by atoms with Gasteiger partial charge >= 0.3 is 11.9 Å². The second-order valence-corrected chi connectivity index (χ2v) is 2.57. The molecule has 0 unspecified atom stereocenters. The van der Waals surface area contributed by atoms with E-state index >= 15 is 0 Å². The highest BCUT2D eigenvalue weighted by molar-refractivity contribution is 5.67. The molecule has 14 heavy (non-hydrogen) atoms. The van der Waals surface area contributed by atoms with Crippen LogP contribution in [0.2, 0.25) is 0 Å². The van der Waals surface area contributed by atoms with Crippen LogP contribution in [0.4, 0.5) is 0 Å². The Kier molecular flexibility index (Phi) is 13.0. The molecule has 0 heterocycles. The van der Waals surface area contributed by atoms with E-state index in [0.29, 0.717) is 25.9 Å². The summed E-state index contributed by atoms with van der Waals surface area (Å²) in [6.07, 6.45) is 1.02. The van der Waals surface area contributed by atoms with Gasteiger partial charge in [-0.25, -0.2) is 0 Å². The lowest BCUT2D eigenvalue weighted by atomic mass is 10.2. The van der Waals surface area contributed by atoms with Crippen LogP contribution < -0.4 is 11.5 Å². The van der Waals surface area contributed by atoms with Gasteiger partial charge in [-0.05, 0) is 12.8 Å². The summed E-state index contributed by atoms with van der Waals surface area (Å²) in [5.41, 5.74) is 9.81. The van der Waals surface area contributed by atoms with Crippen LogP contribution in [0.1, 0.15) is 25.7 Å². The first-order chi connectivity index (χ1) is 6.54. The molecule has 0 amide bonds. The van der Waals surface area contributed by atoms with Gasteiger partial charge in [0.05, 0.1) is 0 Å². The van der Waals surface area contributed by atoms with Gasteiger partial charge in [0.2, 0.25) is 0 Å². The van der Waals surface area contributed by atoms with Crippen molar-refractivity contribution in [1.29, 1.82) is 0 Å². The zero-order chi connectivity index (χ0) is 11.4. The first-order valence-electron chi connectivity index (χ1n) is 4.38. The van der Waals surface area contributed by atoms with E-state index in [1.165, 1.54) is 0 Å². The molecule has 0 aliphatic carbocycles. The molecule has 6 nitrogen and oxygen atoms in total. The molecule has 0 aromatic rings. The maximum atomic E-state index is 9.90. The Morgan fingerprint density at radius 1 is 0.857 bits per heavy atom. The summed E-state index contributed by atoms with van der Waals surface area (Å²) >= 11 is 0. The first-order valence-corrected chi connectivity index (χ1v) is 4.38. The Labute approximate surface area is 82.9 Å². The fourth-order valence-electron chi connectivity index (χ4n) is 0.552. The smallest absolute Gasteiger partial charge is 0.303 e. The van der Waals surface area contributed by atoms with Crippen molar-refractivity contribution in [2.24, 2.45) is 11.5 Å². The summed E-state index contributed by atoms with van der Waals surface area (Å²) in [6, 6.07) is 0. The van der Waals surface area contributed by atoms with Gasteiger partial charge in [0, 0.05) is 25.9 Å². The van der Waals surface area contributed by atoms with Crippen LogP contribution in [0.15, 0.2) is 0 Å². The van der Waals surface area contributed by atoms with E-state index < -0.39 is 11.9 Å². The average Bonchev–Trinajstić information content (AvgIpc) is 2.12. The number of rotatable bonds is 6. The third-order valence-electron chi connectivity index (χ3n) is 1.20. The Bertz CT molecular complexity index is 143. The lowest BCUT2D eigenvalue weighted by Crippen LogP contribution is -2.11. The molecule has 0 saturated carbocycles. The molecule has 0 spiro atoms. The van der Waals surface area contributed by atoms with Crippen LogP contribution in [0.3, 0.4) is 0 Å². The van der Waals surface area contributed by atoms with E-state index in [4.69, 9.17) is 21.7 Å². The van der Waals surface area contributed by atoms with Crippen molar-refractivity contribution in [1.82, 2.24) is 0 Å². The van der Waals surface area contributed by atoms with Crippen molar-refractivity contribution < 1.29 is 19.8 Å². The van der Waals surface area contributed by atoms with Gasteiger partial charge in [0.15, 0.2) is 0 Å². The molecular weight excluding hydrogens is 188 g/mol. The van der Waals surface area contributed by atoms with Crippen LogP contribution in [0, 0.1) is 0 Å². The number of hydrogen-bond donors (Lipinski definition) is 4. The molecule has 0 rings (SSSR count). The third kappa shape index (κ3) is 22.4. The van der Waals surface area contributed by atoms with E-state index in [1.807, 2.05) is 0 Å². The summed E-state index contributed by atoms with van der Waals surface area (Å²) < 4.78 is 0. The van der Waals surface area contributed by atoms with Crippen LogP contribution in [-0.4, -0.2) is 35.2 Å². The minimum Gasteiger partial charge on any atom is -0.481 e. The highest BCUT2D eigenvalue weighted by Crippen LogP contribution is 1.98. The van der Waals surface area contributed by atoms with E-state index in [-0.39, 0.29) is 12.8 Å². The van der Waals surface area contributed by atoms with Crippen LogP contribution in [0.5, 0.6) is 0 Å². The molecule has 0 saturated heterocycles. The SMILES string of the molecule is NCCN.O=C(O)CCCCC(=O)O. The molecule has 0 atom stereocenters. The molecule has 0 aromatic carbocycles. The second kappa shape index (κ2) is 11.9. The monoisotopic (exact) mass is 206 g/mol. The summed E-state index contributed by atoms with van der Waals surface area (Å²) in [7, 11) is 0. The van der Waals surface area contributed by atoms with Gasteiger partial charge in [-0.3, -0.25) is 9.59 Å². The van der Waals surface area contributed by atoms with Crippen molar-refractivity contribution >= 4 is 11.9 Å². The average molecular weight is 206 g/mol. The zero-order valence-corrected chi connectivity index (χ0v) is 8.11. The fourth-order valence-corrected chi connectivity index (χ4v) is 0.552. The molecule has 84 valence electrons. The minimum absolute atomic E-state index is 0.0628. The summed E-state index contributed by atoms with van der Waals surface area (Å²) in [5, 5.41) is 16.3. The maximum Gasteiger partial charge on any atom is 0.303 e. The topological polar surface area (TPSA) is 127 Å². The first kappa shape index (κ1) is 15.3. The van der Waals surface area contributed by atoms with Crippen molar-refractivity contribution in [2.45, 2.75) is 25.7 Å². The molecule has 6 heteroatoms. The summed E-state index contributed by atoms with van der Waals surface area (Å²) in [6.45, 7) is 1.19. The minimum atomic E-state index is -0.870. The molecular formula is C8H18N2O4. The largest absolute Gasteiger partial charge is 0.481 e. The van der Waals surface area contributed by atoms with E-state index in [9.17, 15) is 9.59 Å². The van der Waals surface area contributed by atoms with Crippen molar-refractivity contribution in [3.05, 3.63) is 0 Å². The Morgan fingerprint density at radius 2 is 1.14 bits per heavy atom. The lowest BCUT2D eigenvalue weighted by molar-refractivity contribution is -0.139. The number of carboxylic acids is 2. The molecule has 0 radical (unpaired) electrons. The zero-order valence-electron chi connectivity index (χ0n) is 8.11. The second-order valence-electron chi connectivity index (χ2n) is 2.57. The molecule has 0 bridgehead atoms. The van der Waals surface area contributed by atoms with Gasteiger partial charge in [-0.1, -0.05) is 0 Å². The van der Waals surface area contributed by atoms with E-state index in [0.717, 1.165) is 0 Å². The Morgan fingerprint density at radius 3 is 1.29 bits per heavy atom. The maximum absolute atomic E-state index is 9.90. The van der Waals surface area contributed by atoms with Gasteiger partial charge < -0.3 is 21.7 Å². The molecule has 0 fully saturated rings. The predicted molar refractivity (Wildman–Crippen MR) is 51.8 cm³/mol. The third-order valence-corrected chi connectivity index (χ3v) is 1.20. The van der Waals surface area contributed by atoms with Crippen molar-refractivity contribution in [2.75, 3.05) is 13.1 Å². The molecule has 0 aliphatic heterocycles. The number of hydrogen-bond acceptors (Lipinski definition) is 4. The predicted octanol–water partition coefficient (Wildman–Crippen LogP) is -0.380. The van der Waals surface area contributed by atoms with Crippen LogP contribution >= 0.6 is 0 Å². The Balaban J connectivity index is 0. The summed E-state index contributed by atoms with van der Waals surface area (Å²) in [4.78, 5) is 19.8. The van der Waals surface area contributed by atoms with Gasteiger partial charge in [0.1, 0.15) is 0 Å². The highest BCUT2D eigenvalue weighted by atomic mass is 16.4. The molecule has 6 N–H and O–H groups in total. The normalized spacial score (nSPS) is 8.71. The van der Waals surface area contributed by atoms with Gasteiger partial charge in [-0.15, -0.1) is 0 Å². The number of carbonyl (C=O) groups is 2. The van der Waals surface area contributed by atoms with Crippen LogP contribution in [-0.2, 0) is 9.59 Å². The lowest BCUT2D eigenvalue weighted by Gasteiger charge is -1.92. The van der Waals surface area contributed by atoms with Crippen molar-refractivity contribution in [3.63, 3.8) is 0 Å². The van der Waals surface area contributed by atoms with E-state index in [1.54, 1.807) is 0 Å². The summed E-state index contributed by atoms with van der Waals surface area (Å²) in [5.74, 6) is -1.74. The van der Waals surface area contributed by atoms with Gasteiger partial charge in [0.25, 0.3) is 0 Å². The van der Waals surface area contributed by atoms with Gasteiger partial charge in [-0.2, -0.15) is 0 Å². The van der Waals surface area contributed by atoms with E-state index in [2.05, 4.69) is 0 Å². The number of unbranched alkanes of at least 4 members (excludes halogenated alkanes) is 1. The quantitative estimate of drug-likeness (QED) is 0.439. The fraction of sp³-hybridized carbons (Fsp3) is 0.750. The van der Waals surface area contributed by atoms with Crippen molar-refractivity contribution in [3.8, 4) is 0 Å². The highest BCUT2D eigenvalue weighted by Gasteiger charge is 1.99. The number of nitrogens with two attached hydrogens (primary N) is 2. The Hall–Kier alpha value is -1.14. The molecule has 0 aromatic heterocycles. The standard InChI is InChI=1S/C6H10O4.C2H8N2/c7-5(8)3-1-2-4-6(9)10;3-1-2-4/h1-4H2,(H,7,8)(H,9,10);1-4H2. The molecule has 0 aliphatic rings.